The SMILES string of the molecule is CCNS(=O)(=O)c1ccc(C)c(C(=O)NCc2ccc(Cl)cc2Cl)c1. The van der Waals surface area contributed by atoms with Crippen LogP contribution in [0, 0.1) is 6.92 Å². The Morgan fingerprint density at radius 1 is 1.12 bits per heavy atom. The van der Waals surface area contributed by atoms with Gasteiger partial charge in [-0.2, -0.15) is 0 Å². The van der Waals surface area contributed by atoms with Crippen molar-refractivity contribution in [1.29, 1.82) is 0 Å². The van der Waals surface area contributed by atoms with Crippen molar-refractivity contribution in [1.82, 2.24) is 10.0 Å². The van der Waals surface area contributed by atoms with E-state index in [4.69, 9.17) is 23.2 Å². The molecule has 25 heavy (non-hydrogen) atoms. The lowest BCUT2D eigenvalue weighted by molar-refractivity contribution is 0.0950. The molecule has 0 aliphatic rings. The number of amides is 1. The van der Waals surface area contributed by atoms with Crippen molar-refractivity contribution >= 4 is 39.1 Å². The zero-order chi connectivity index (χ0) is 18.6. The van der Waals surface area contributed by atoms with Crippen LogP contribution in [-0.2, 0) is 16.6 Å². The van der Waals surface area contributed by atoms with Crippen LogP contribution in [0.1, 0.15) is 28.4 Å². The maximum absolute atomic E-state index is 12.5. The molecule has 134 valence electrons. The van der Waals surface area contributed by atoms with E-state index in [1.165, 1.54) is 12.1 Å². The van der Waals surface area contributed by atoms with Crippen LogP contribution in [-0.4, -0.2) is 20.9 Å². The molecule has 2 aromatic carbocycles. The monoisotopic (exact) mass is 400 g/mol. The van der Waals surface area contributed by atoms with E-state index in [0.717, 1.165) is 0 Å². The van der Waals surface area contributed by atoms with Crippen molar-refractivity contribution in [3.63, 3.8) is 0 Å². The fourth-order valence-corrected chi connectivity index (χ4v) is 3.76. The number of rotatable bonds is 6. The molecule has 5 nitrogen and oxygen atoms in total. The Labute approximate surface area is 157 Å². The molecule has 2 rings (SSSR count). The molecule has 2 aromatic rings. The van der Waals surface area contributed by atoms with E-state index in [1.54, 1.807) is 38.1 Å². The number of hydrogen-bond donors (Lipinski definition) is 2. The van der Waals surface area contributed by atoms with Crippen molar-refractivity contribution in [2.75, 3.05) is 6.54 Å². The quantitative estimate of drug-likeness (QED) is 0.778. The van der Waals surface area contributed by atoms with Crippen LogP contribution in [0.2, 0.25) is 10.0 Å². The fourth-order valence-electron chi connectivity index (χ4n) is 2.22. The highest BCUT2D eigenvalue weighted by Gasteiger charge is 2.17. The Bertz CT molecular complexity index is 899. The van der Waals surface area contributed by atoms with Gasteiger partial charge in [0.15, 0.2) is 0 Å². The molecule has 0 heterocycles. The highest BCUT2D eigenvalue weighted by molar-refractivity contribution is 7.89. The van der Waals surface area contributed by atoms with E-state index in [1.807, 2.05) is 0 Å². The van der Waals surface area contributed by atoms with Crippen LogP contribution in [0.15, 0.2) is 41.3 Å². The Morgan fingerprint density at radius 2 is 1.84 bits per heavy atom. The summed E-state index contributed by atoms with van der Waals surface area (Å²) in [4.78, 5) is 12.5. The summed E-state index contributed by atoms with van der Waals surface area (Å²) in [5.74, 6) is -0.378. The van der Waals surface area contributed by atoms with Crippen molar-refractivity contribution in [3.8, 4) is 0 Å². The highest BCUT2D eigenvalue weighted by Crippen LogP contribution is 2.21. The minimum atomic E-state index is -3.63. The molecule has 0 saturated carbocycles. The first-order valence-corrected chi connectivity index (χ1v) is 9.81. The van der Waals surface area contributed by atoms with Gasteiger partial charge in [-0.05, 0) is 42.3 Å². The number of carbonyl (C=O) groups is 1. The lowest BCUT2D eigenvalue weighted by atomic mass is 10.1. The average molecular weight is 401 g/mol. The van der Waals surface area contributed by atoms with E-state index >= 15 is 0 Å². The van der Waals surface area contributed by atoms with Crippen molar-refractivity contribution in [2.24, 2.45) is 0 Å². The van der Waals surface area contributed by atoms with Gasteiger partial charge in [0.05, 0.1) is 4.90 Å². The maximum Gasteiger partial charge on any atom is 0.251 e. The molecule has 2 N–H and O–H groups in total. The summed E-state index contributed by atoms with van der Waals surface area (Å²) in [5.41, 5.74) is 1.69. The average Bonchev–Trinajstić information content (AvgIpc) is 2.54. The molecular weight excluding hydrogens is 383 g/mol. The number of carbonyl (C=O) groups excluding carboxylic acids is 1. The van der Waals surface area contributed by atoms with Crippen LogP contribution in [0.3, 0.4) is 0 Å². The molecule has 0 bridgehead atoms. The third kappa shape index (κ3) is 4.95. The van der Waals surface area contributed by atoms with Gasteiger partial charge in [-0.15, -0.1) is 0 Å². The van der Waals surface area contributed by atoms with E-state index in [9.17, 15) is 13.2 Å². The molecule has 1 amide bonds. The number of hydrogen-bond acceptors (Lipinski definition) is 3. The van der Waals surface area contributed by atoms with Gasteiger partial charge in [0.25, 0.3) is 5.91 Å². The van der Waals surface area contributed by atoms with Crippen LogP contribution < -0.4 is 10.0 Å². The summed E-state index contributed by atoms with van der Waals surface area (Å²) in [6.07, 6.45) is 0. The second-order valence-electron chi connectivity index (χ2n) is 5.40. The number of halogens is 2. The van der Waals surface area contributed by atoms with Crippen molar-refractivity contribution in [2.45, 2.75) is 25.3 Å². The van der Waals surface area contributed by atoms with E-state index < -0.39 is 10.0 Å². The molecular formula is C17H18Cl2N2O3S. The van der Waals surface area contributed by atoms with E-state index in [-0.39, 0.29) is 23.9 Å². The number of nitrogens with one attached hydrogen (secondary N) is 2. The van der Waals surface area contributed by atoms with Gasteiger partial charge in [0.2, 0.25) is 10.0 Å². The Hall–Kier alpha value is -1.60. The van der Waals surface area contributed by atoms with Crippen LogP contribution in [0.25, 0.3) is 0 Å². The molecule has 0 aromatic heterocycles. The zero-order valence-electron chi connectivity index (χ0n) is 13.8. The first-order chi connectivity index (χ1) is 11.7. The third-order valence-corrected chi connectivity index (χ3v) is 5.68. The molecule has 8 heteroatoms. The van der Waals surface area contributed by atoms with Crippen molar-refractivity contribution in [3.05, 3.63) is 63.1 Å². The molecule has 0 aliphatic carbocycles. The Morgan fingerprint density at radius 3 is 2.48 bits per heavy atom. The lowest BCUT2D eigenvalue weighted by Crippen LogP contribution is -2.26. The molecule has 0 spiro atoms. The smallest absolute Gasteiger partial charge is 0.251 e. The maximum atomic E-state index is 12.5. The summed E-state index contributed by atoms with van der Waals surface area (Å²) in [6.45, 7) is 3.91. The van der Waals surface area contributed by atoms with Crippen LogP contribution in [0.4, 0.5) is 0 Å². The lowest BCUT2D eigenvalue weighted by Gasteiger charge is -2.11. The van der Waals surface area contributed by atoms with E-state index in [0.29, 0.717) is 26.7 Å². The van der Waals surface area contributed by atoms with Gasteiger partial charge in [-0.1, -0.05) is 42.3 Å². The number of sulfonamides is 1. The van der Waals surface area contributed by atoms with E-state index in [2.05, 4.69) is 10.0 Å². The van der Waals surface area contributed by atoms with Gasteiger partial charge in [-0.3, -0.25) is 4.79 Å². The first kappa shape index (κ1) is 19.7. The summed E-state index contributed by atoms with van der Waals surface area (Å²) in [5, 5.41) is 3.71. The molecule has 0 radical (unpaired) electrons. The molecule has 0 aliphatic heterocycles. The van der Waals surface area contributed by atoms with Gasteiger partial charge in [0.1, 0.15) is 0 Å². The normalized spacial score (nSPS) is 11.4. The third-order valence-electron chi connectivity index (χ3n) is 3.55. The molecule has 0 fully saturated rings. The summed E-state index contributed by atoms with van der Waals surface area (Å²) >= 11 is 11.9. The second kappa shape index (κ2) is 8.19. The Kier molecular flexibility index (Phi) is 6.46. The van der Waals surface area contributed by atoms with Crippen LogP contribution >= 0.6 is 23.2 Å². The Balaban J connectivity index is 2.21. The predicted octanol–water partition coefficient (Wildman–Crippen LogP) is 3.53. The van der Waals surface area contributed by atoms with Crippen LogP contribution in [0.5, 0.6) is 0 Å². The summed E-state index contributed by atoms with van der Waals surface area (Å²) < 4.78 is 26.6. The van der Waals surface area contributed by atoms with Gasteiger partial charge < -0.3 is 5.32 Å². The van der Waals surface area contributed by atoms with Crippen molar-refractivity contribution < 1.29 is 13.2 Å². The van der Waals surface area contributed by atoms with Gasteiger partial charge >= 0.3 is 0 Å². The zero-order valence-corrected chi connectivity index (χ0v) is 16.1. The summed E-state index contributed by atoms with van der Waals surface area (Å²) in [7, 11) is -3.63. The number of benzene rings is 2. The fraction of sp³-hybridized carbons (Fsp3) is 0.235. The minimum absolute atomic E-state index is 0.0506. The molecule has 0 saturated heterocycles. The largest absolute Gasteiger partial charge is 0.348 e. The van der Waals surface area contributed by atoms with Gasteiger partial charge in [0, 0.05) is 28.7 Å². The van der Waals surface area contributed by atoms with Gasteiger partial charge in [-0.25, -0.2) is 13.1 Å². The predicted molar refractivity (Wildman–Crippen MR) is 99.7 cm³/mol. The molecule has 0 atom stereocenters. The molecule has 0 unspecified atom stereocenters. The summed E-state index contributed by atoms with van der Waals surface area (Å²) in [6, 6.07) is 9.45. The standard InChI is InChI=1S/C17H18Cl2N2O3S/c1-3-21-25(23,24)14-7-4-11(2)15(9-14)17(22)20-10-12-5-6-13(18)8-16(12)19/h4-9,21H,3,10H2,1-2H3,(H,20,22). The highest BCUT2D eigenvalue weighted by atomic mass is 35.5. The topological polar surface area (TPSA) is 75.3 Å². The minimum Gasteiger partial charge on any atom is -0.348 e. The second-order valence-corrected chi connectivity index (χ2v) is 8.01. The number of aryl methyl sites for hydroxylation is 1. The first-order valence-electron chi connectivity index (χ1n) is 7.57.